The fourth-order valence-corrected chi connectivity index (χ4v) is 5.15. The molecule has 7 heteroatoms. The first kappa shape index (κ1) is 21.3. The predicted octanol–water partition coefficient (Wildman–Crippen LogP) is 3.06. The number of hydrogen-bond donors (Lipinski definition) is 2. The topological polar surface area (TPSA) is 70.7 Å². The number of nitrogens with one attached hydrogen (secondary N) is 2. The second kappa shape index (κ2) is 9.85. The zero-order valence-electron chi connectivity index (χ0n) is 17.3. The van der Waals surface area contributed by atoms with Crippen LogP contribution in [0.1, 0.15) is 60.3 Å². The third-order valence-corrected chi connectivity index (χ3v) is 6.46. The van der Waals surface area contributed by atoms with Crippen molar-refractivity contribution in [3.05, 3.63) is 16.0 Å². The number of aryl methyl sites for hydroxylation is 1. The number of rotatable bonds is 10. The summed E-state index contributed by atoms with van der Waals surface area (Å²) in [6.07, 6.45) is 6.52. The maximum absolute atomic E-state index is 12.8. The van der Waals surface area contributed by atoms with Crippen molar-refractivity contribution in [2.75, 3.05) is 38.7 Å². The summed E-state index contributed by atoms with van der Waals surface area (Å²) in [4.78, 5) is 29.1. The van der Waals surface area contributed by atoms with Crippen molar-refractivity contribution in [1.82, 2.24) is 10.2 Å². The van der Waals surface area contributed by atoms with Gasteiger partial charge in [0.1, 0.15) is 5.00 Å². The average molecular weight is 408 g/mol. The number of fused-ring (bicyclic) bond motifs is 1. The van der Waals surface area contributed by atoms with Gasteiger partial charge in [0.05, 0.1) is 18.7 Å². The van der Waals surface area contributed by atoms with Crippen LogP contribution in [-0.2, 0) is 22.4 Å². The van der Waals surface area contributed by atoms with E-state index in [1.807, 2.05) is 0 Å². The molecule has 0 radical (unpaired) electrons. The predicted molar refractivity (Wildman–Crippen MR) is 113 cm³/mol. The molecule has 2 N–H and O–H groups in total. The van der Waals surface area contributed by atoms with Gasteiger partial charge in [0, 0.05) is 31.1 Å². The van der Waals surface area contributed by atoms with Gasteiger partial charge in [0.15, 0.2) is 0 Å². The molecular formula is C21H33N3O3S. The van der Waals surface area contributed by atoms with E-state index in [9.17, 15) is 9.59 Å². The van der Waals surface area contributed by atoms with E-state index in [0.717, 1.165) is 37.8 Å². The molecule has 1 fully saturated rings. The van der Waals surface area contributed by atoms with E-state index in [1.54, 1.807) is 18.4 Å². The molecule has 0 saturated heterocycles. The molecule has 0 aliphatic heterocycles. The number of methoxy groups -OCH3 is 1. The molecule has 2 amide bonds. The summed E-state index contributed by atoms with van der Waals surface area (Å²) in [5, 5.41) is 6.71. The number of hydrogen-bond acceptors (Lipinski definition) is 5. The van der Waals surface area contributed by atoms with Crippen LogP contribution in [0, 0.1) is 5.92 Å². The lowest BCUT2D eigenvalue weighted by molar-refractivity contribution is -0.117. The zero-order chi connectivity index (χ0) is 20.1. The van der Waals surface area contributed by atoms with Gasteiger partial charge < -0.3 is 15.4 Å². The summed E-state index contributed by atoms with van der Waals surface area (Å²) in [5.41, 5.74) is 1.80. The quantitative estimate of drug-likeness (QED) is 0.585. The molecule has 6 nitrogen and oxygen atoms in total. The largest absolute Gasteiger partial charge is 0.383 e. The van der Waals surface area contributed by atoms with Crippen LogP contribution in [-0.4, -0.2) is 56.1 Å². The van der Waals surface area contributed by atoms with Gasteiger partial charge in [0.2, 0.25) is 5.91 Å². The van der Waals surface area contributed by atoms with E-state index in [4.69, 9.17) is 4.74 Å². The maximum Gasteiger partial charge on any atom is 0.254 e. The first-order valence-electron chi connectivity index (χ1n) is 10.4. The van der Waals surface area contributed by atoms with Crippen LogP contribution in [0.25, 0.3) is 0 Å². The Balaban J connectivity index is 1.72. The van der Waals surface area contributed by atoms with Crippen LogP contribution in [0.4, 0.5) is 5.00 Å². The van der Waals surface area contributed by atoms with E-state index in [2.05, 4.69) is 29.4 Å². The smallest absolute Gasteiger partial charge is 0.254 e. The fraction of sp³-hybridized carbons (Fsp3) is 0.714. The molecule has 1 aromatic heterocycles. The summed E-state index contributed by atoms with van der Waals surface area (Å²) < 4.78 is 5.03. The molecule has 1 heterocycles. The molecule has 28 heavy (non-hydrogen) atoms. The summed E-state index contributed by atoms with van der Waals surface area (Å²) in [6, 6.07) is 0.543. The minimum atomic E-state index is -0.104. The standard InChI is InChI=1S/C21H33N3O3S/c1-14(2)12-24(15-8-9-15)13-18(25)23-21-19(20(26)22-10-11-27-3)16-6-4-5-7-17(16)28-21/h14-15H,4-13H2,1-3H3,(H,22,26)(H,23,25). The Morgan fingerprint density at radius 3 is 2.68 bits per heavy atom. The van der Waals surface area contributed by atoms with Crippen LogP contribution in [0.2, 0.25) is 0 Å². The lowest BCUT2D eigenvalue weighted by Crippen LogP contribution is -2.37. The number of amides is 2. The van der Waals surface area contributed by atoms with Crippen LogP contribution in [0.5, 0.6) is 0 Å². The van der Waals surface area contributed by atoms with Crippen molar-refractivity contribution in [3.63, 3.8) is 0 Å². The Hall–Kier alpha value is -1.44. The highest BCUT2D eigenvalue weighted by Gasteiger charge is 2.31. The van der Waals surface area contributed by atoms with Gasteiger partial charge in [-0.15, -0.1) is 11.3 Å². The first-order chi connectivity index (χ1) is 13.5. The molecule has 0 unspecified atom stereocenters. The summed E-state index contributed by atoms with van der Waals surface area (Å²) in [5.74, 6) is 0.412. The van der Waals surface area contributed by atoms with Crippen LogP contribution in [0.15, 0.2) is 0 Å². The fourth-order valence-electron chi connectivity index (χ4n) is 3.85. The Morgan fingerprint density at radius 1 is 1.25 bits per heavy atom. The van der Waals surface area contributed by atoms with Gasteiger partial charge in [-0.3, -0.25) is 14.5 Å². The molecule has 3 rings (SSSR count). The highest BCUT2D eigenvalue weighted by atomic mass is 32.1. The maximum atomic E-state index is 12.8. The van der Waals surface area contributed by atoms with Gasteiger partial charge in [0.25, 0.3) is 5.91 Å². The van der Waals surface area contributed by atoms with Crippen LogP contribution < -0.4 is 10.6 Å². The Labute approximate surface area is 172 Å². The monoisotopic (exact) mass is 407 g/mol. The van der Waals surface area contributed by atoms with Crippen molar-refractivity contribution in [2.24, 2.45) is 5.92 Å². The minimum absolute atomic E-state index is 0.0166. The third-order valence-electron chi connectivity index (χ3n) is 5.25. The SMILES string of the molecule is COCCNC(=O)c1c(NC(=O)CN(CC(C)C)C2CC2)sc2c1CCCC2. The number of carbonyl (C=O) groups is 2. The van der Waals surface area contributed by atoms with Gasteiger partial charge in [-0.1, -0.05) is 13.8 Å². The number of anilines is 1. The van der Waals surface area contributed by atoms with Crippen LogP contribution in [0.3, 0.4) is 0 Å². The number of thiophene rings is 1. The van der Waals surface area contributed by atoms with Gasteiger partial charge in [-0.05, 0) is 50.0 Å². The molecule has 0 aromatic carbocycles. The second-order valence-electron chi connectivity index (χ2n) is 8.27. The molecule has 2 aliphatic rings. The molecule has 0 atom stereocenters. The summed E-state index contributed by atoms with van der Waals surface area (Å²) in [6.45, 7) is 6.65. The van der Waals surface area contributed by atoms with Crippen molar-refractivity contribution in [1.29, 1.82) is 0 Å². The molecule has 1 aromatic rings. The Morgan fingerprint density at radius 2 is 2.00 bits per heavy atom. The van der Waals surface area contributed by atoms with E-state index in [0.29, 0.717) is 42.2 Å². The summed E-state index contributed by atoms with van der Waals surface area (Å²) >= 11 is 1.58. The second-order valence-corrected chi connectivity index (χ2v) is 9.37. The van der Waals surface area contributed by atoms with Crippen LogP contribution >= 0.6 is 11.3 Å². The highest BCUT2D eigenvalue weighted by molar-refractivity contribution is 7.17. The van der Waals surface area contributed by atoms with Crippen molar-refractivity contribution in [3.8, 4) is 0 Å². The van der Waals surface area contributed by atoms with Crippen molar-refractivity contribution < 1.29 is 14.3 Å². The number of carbonyl (C=O) groups excluding carboxylic acids is 2. The summed E-state index contributed by atoms with van der Waals surface area (Å²) in [7, 11) is 1.62. The molecule has 156 valence electrons. The van der Waals surface area contributed by atoms with Gasteiger partial charge >= 0.3 is 0 Å². The molecule has 1 saturated carbocycles. The molecule has 0 bridgehead atoms. The highest BCUT2D eigenvalue weighted by Crippen LogP contribution is 2.38. The van der Waals surface area contributed by atoms with Gasteiger partial charge in [-0.25, -0.2) is 0 Å². The van der Waals surface area contributed by atoms with Crippen molar-refractivity contribution in [2.45, 2.75) is 58.4 Å². The molecule has 2 aliphatic carbocycles. The number of nitrogens with zero attached hydrogens (tertiary/aromatic N) is 1. The third kappa shape index (κ3) is 5.55. The van der Waals surface area contributed by atoms with E-state index in [-0.39, 0.29) is 11.8 Å². The lowest BCUT2D eigenvalue weighted by Gasteiger charge is -2.23. The molecule has 0 spiro atoms. The average Bonchev–Trinajstić information content (AvgIpc) is 3.42. The lowest BCUT2D eigenvalue weighted by atomic mass is 9.95. The zero-order valence-corrected chi connectivity index (χ0v) is 18.1. The van der Waals surface area contributed by atoms with E-state index >= 15 is 0 Å². The Bertz CT molecular complexity index is 697. The number of ether oxygens (including phenoxy) is 1. The first-order valence-corrected chi connectivity index (χ1v) is 11.3. The Kier molecular flexibility index (Phi) is 7.48. The van der Waals surface area contributed by atoms with Gasteiger partial charge in [-0.2, -0.15) is 0 Å². The molecular weight excluding hydrogens is 374 g/mol. The minimum Gasteiger partial charge on any atom is -0.383 e. The van der Waals surface area contributed by atoms with E-state index < -0.39 is 0 Å². The van der Waals surface area contributed by atoms with E-state index in [1.165, 1.54) is 17.7 Å². The normalized spacial score (nSPS) is 16.3. The van der Waals surface area contributed by atoms with Crippen molar-refractivity contribution >= 4 is 28.2 Å².